The molecule has 0 amide bonds. The number of ether oxygens (including phenoxy) is 1. The van der Waals surface area contributed by atoms with E-state index in [1.54, 1.807) is 0 Å². The smallest absolute Gasteiger partial charge is 0.309 e. The first kappa shape index (κ1) is 18.4. The molecule has 102 valence electrons. The van der Waals surface area contributed by atoms with Gasteiger partial charge in [-0.05, 0) is 19.8 Å². The molecule has 0 aliphatic heterocycles. The van der Waals surface area contributed by atoms with Crippen molar-refractivity contribution in [2.75, 3.05) is 20.3 Å². The maximum atomic E-state index is 11.0. The number of Topliss-reactive ketones (excluding diaryl/α,β-unsaturated/α-hetero) is 1. The Labute approximate surface area is 103 Å². The highest BCUT2D eigenvalue weighted by atomic mass is 16.5. The van der Waals surface area contributed by atoms with E-state index >= 15 is 0 Å². The molecule has 0 radical (unpaired) electrons. The third-order valence-electron chi connectivity index (χ3n) is 2.06. The summed E-state index contributed by atoms with van der Waals surface area (Å²) >= 11 is 0. The molecule has 1 unspecified atom stereocenters. The van der Waals surface area contributed by atoms with Crippen LogP contribution in [0.4, 0.5) is 0 Å². The summed E-state index contributed by atoms with van der Waals surface area (Å²) in [5.74, 6) is -0.990. The van der Waals surface area contributed by atoms with E-state index in [1.165, 1.54) is 14.0 Å². The maximum Gasteiger partial charge on any atom is 0.309 e. The monoisotopic (exact) mass is 248 g/mol. The van der Waals surface area contributed by atoms with Gasteiger partial charge in [0, 0.05) is 19.6 Å². The lowest BCUT2D eigenvalue weighted by molar-refractivity contribution is -0.147. The maximum absolute atomic E-state index is 11.0. The van der Waals surface area contributed by atoms with Gasteiger partial charge in [0.05, 0.1) is 13.0 Å². The fraction of sp³-hybridized carbons (Fsp3) is 0.833. The Kier molecular flexibility index (Phi) is 14.2. The number of esters is 1. The van der Waals surface area contributed by atoms with Crippen LogP contribution in [0.25, 0.3) is 0 Å². The Morgan fingerprint density at radius 3 is 2.06 bits per heavy atom. The highest BCUT2D eigenvalue weighted by molar-refractivity contribution is 5.82. The molecule has 0 saturated heterocycles. The van der Waals surface area contributed by atoms with Gasteiger partial charge in [-0.1, -0.05) is 13.3 Å². The van der Waals surface area contributed by atoms with E-state index in [0.717, 1.165) is 12.8 Å². The molecule has 17 heavy (non-hydrogen) atoms. The second kappa shape index (κ2) is 13.1. The first-order chi connectivity index (χ1) is 8.03. The topological polar surface area (TPSA) is 83.8 Å². The second-order valence-corrected chi connectivity index (χ2v) is 3.72. The molecule has 0 aliphatic carbocycles. The molecule has 5 nitrogen and oxygen atoms in total. The zero-order chi connectivity index (χ0) is 13.7. The summed E-state index contributed by atoms with van der Waals surface area (Å²) in [6, 6.07) is 0. The van der Waals surface area contributed by atoms with E-state index in [-0.39, 0.29) is 25.2 Å². The van der Waals surface area contributed by atoms with E-state index in [4.69, 9.17) is 10.2 Å². The van der Waals surface area contributed by atoms with Crippen LogP contribution < -0.4 is 0 Å². The molecule has 5 heteroatoms. The molecule has 0 aromatic heterocycles. The van der Waals surface area contributed by atoms with Gasteiger partial charge in [-0.25, -0.2) is 0 Å². The van der Waals surface area contributed by atoms with E-state index in [0.29, 0.717) is 6.61 Å². The first-order valence-electron chi connectivity index (χ1n) is 5.82. The lowest BCUT2D eigenvalue weighted by Gasteiger charge is -2.10. The van der Waals surface area contributed by atoms with Gasteiger partial charge in [-0.2, -0.15) is 0 Å². The van der Waals surface area contributed by atoms with Gasteiger partial charge < -0.3 is 19.7 Å². The summed E-state index contributed by atoms with van der Waals surface area (Å²) < 4.78 is 4.46. The predicted octanol–water partition coefficient (Wildman–Crippen LogP) is 0.916. The molecule has 0 spiro atoms. The van der Waals surface area contributed by atoms with E-state index in [2.05, 4.69) is 11.7 Å². The second-order valence-electron chi connectivity index (χ2n) is 3.72. The van der Waals surface area contributed by atoms with Crippen molar-refractivity contribution in [1.82, 2.24) is 0 Å². The lowest BCUT2D eigenvalue weighted by atomic mass is 10.00. The van der Waals surface area contributed by atoms with Crippen LogP contribution in [0, 0.1) is 5.92 Å². The van der Waals surface area contributed by atoms with Crippen molar-refractivity contribution in [3.8, 4) is 0 Å². The van der Waals surface area contributed by atoms with E-state index < -0.39 is 11.9 Å². The van der Waals surface area contributed by atoms with Crippen LogP contribution in [-0.2, 0) is 14.3 Å². The van der Waals surface area contributed by atoms with Crippen LogP contribution in [-0.4, -0.2) is 42.3 Å². The van der Waals surface area contributed by atoms with Gasteiger partial charge in [-0.15, -0.1) is 0 Å². The van der Waals surface area contributed by atoms with Crippen LogP contribution >= 0.6 is 0 Å². The molecule has 0 rings (SSSR count). The number of aliphatic hydroxyl groups is 2. The third kappa shape index (κ3) is 13.0. The minimum absolute atomic E-state index is 0.0705. The van der Waals surface area contributed by atoms with Crippen molar-refractivity contribution in [3.63, 3.8) is 0 Å². The molecule has 0 aromatic carbocycles. The van der Waals surface area contributed by atoms with Crippen molar-refractivity contribution in [1.29, 1.82) is 0 Å². The molecule has 0 saturated carbocycles. The Morgan fingerprint density at radius 2 is 1.82 bits per heavy atom. The van der Waals surface area contributed by atoms with Gasteiger partial charge in [0.25, 0.3) is 0 Å². The molecule has 0 heterocycles. The van der Waals surface area contributed by atoms with Crippen molar-refractivity contribution in [3.05, 3.63) is 0 Å². The Bertz CT molecular complexity index is 201. The van der Waals surface area contributed by atoms with Crippen LogP contribution in [0.1, 0.15) is 39.5 Å². The molecule has 0 aliphatic rings. The third-order valence-corrected chi connectivity index (χ3v) is 2.06. The Hall–Kier alpha value is -0.940. The number of hydrogen-bond acceptors (Lipinski definition) is 5. The van der Waals surface area contributed by atoms with Gasteiger partial charge in [0.15, 0.2) is 0 Å². The SMILES string of the molecule is CCCCO.COC(=O)C(CCO)CC(C)=O. The fourth-order valence-electron chi connectivity index (χ4n) is 1.13. The number of aliphatic hydroxyl groups excluding tert-OH is 2. The quantitative estimate of drug-likeness (QED) is 0.654. The largest absolute Gasteiger partial charge is 0.469 e. The minimum atomic E-state index is -0.488. The van der Waals surface area contributed by atoms with Crippen molar-refractivity contribution >= 4 is 11.8 Å². The van der Waals surface area contributed by atoms with Crippen LogP contribution in [0.2, 0.25) is 0 Å². The van der Waals surface area contributed by atoms with Gasteiger partial charge in [-0.3, -0.25) is 4.79 Å². The highest BCUT2D eigenvalue weighted by Gasteiger charge is 2.19. The average molecular weight is 248 g/mol. The van der Waals surface area contributed by atoms with Gasteiger partial charge in [0.2, 0.25) is 0 Å². The summed E-state index contributed by atoms with van der Waals surface area (Å²) in [5.41, 5.74) is 0. The number of carbonyl (C=O) groups is 2. The highest BCUT2D eigenvalue weighted by Crippen LogP contribution is 2.10. The number of methoxy groups -OCH3 is 1. The van der Waals surface area contributed by atoms with Crippen LogP contribution in [0.15, 0.2) is 0 Å². The standard InChI is InChI=1S/C8H14O4.C4H10O/c1-6(10)5-7(3-4-9)8(11)12-2;1-2-3-4-5/h7,9H,3-5H2,1-2H3;5H,2-4H2,1H3. The molecule has 2 N–H and O–H groups in total. The summed E-state index contributed by atoms with van der Waals surface area (Å²) in [6.45, 7) is 3.70. The fourth-order valence-corrected chi connectivity index (χ4v) is 1.13. The summed E-state index contributed by atoms with van der Waals surface area (Å²) in [6.07, 6.45) is 2.47. The van der Waals surface area contributed by atoms with Crippen LogP contribution in [0.5, 0.6) is 0 Å². The summed E-state index contributed by atoms with van der Waals surface area (Å²) in [5, 5.41) is 16.6. The first-order valence-corrected chi connectivity index (χ1v) is 5.82. The van der Waals surface area contributed by atoms with Crippen molar-refractivity contribution in [2.24, 2.45) is 5.92 Å². The van der Waals surface area contributed by atoms with E-state index in [1.807, 2.05) is 0 Å². The van der Waals surface area contributed by atoms with Crippen LogP contribution in [0.3, 0.4) is 0 Å². The minimum Gasteiger partial charge on any atom is -0.469 e. The lowest BCUT2D eigenvalue weighted by Crippen LogP contribution is -2.20. The molecule has 0 aromatic rings. The average Bonchev–Trinajstić information content (AvgIpc) is 2.29. The van der Waals surface area contributed by atoms with Crippen molar-refractivity contribution in [2.45, 2.75) is 39.5 Å². The number of unbranched alkanes of at least 4 members (excludes halogenated alkanes) is 1. The van der Waals surface area contributed by atoms with Gasteiger partial charge >= 0.3 is 5.97 Å². The molecular weight excluding hydrogens is 224 g/mol. The number of carbonyl (C=O) groups excluding carboxylic acids is 2. The molecular formula is C12H24O5. The predicted molar refractivity (Wildman–Crippen MR) is 64.5 cm³/mol. The molecule has 0 bridgehead atoms. The summed E-state index contributed by atoms with van der Waals surface area (Å²) in [4.78, 5) is 21.6. The number of rotatable bonds is 7. The molecule has 0 fully saturated rings. The number of hydrogen-bond donors (Lipinski definition) is 2. The Morgan fingerprint density at radius 1 is 1.24 bits per heavy atom. The summed E-state index contributed by atoms with van der Waals surface area (Å²) in [7, 11) is 1.27. The van der Waals surface area contributed by atoms with Gasteiger partial charge in [0.1, 0.15) is 5.78 Å². The zero-order valence-corrected chi connectivity index (χ0v) is 10.9. The zero-order valence-electron chi connectivity index (χ0n) is 10.9. The number of ketones is 1. The normalized spacial score (nSPS) is 11.1. The molecule has 1 atom stereocenters. The van der Waals surface area contributed by atoms with E-state index in [9.17, 15) is 9.59 Å². The Balaban J connectivity index is 0. The van der Waals surface area contributed by atoms with Crippen molar-refractivity contribution < 1.29 is 24.5 Å².